The van der Waals surface area contributed by atoms with Crippen molar-refractivity contribution in [2.45, 2.75) is 26.7 Å². The lowest BCUT2D eigenvalue weighted by Crippen LogP contribution is -2.36. The van der Waals surface area contributed by atoms with Gasteiger partial charge in [0.2, 0.25) is 0 Å². The third kappa shape index (κ3) is 3.80. The van der Waals surface area contributed by atoms with E-state index in [1.165, 1.54) is 11.3 Å². The van der Waals surface area contributed by atoms with Gasteiger partial charge in [0.25, 0.3) is 0 Å². The van der Waals surface area contributed by atoms with Crippen molar-refractivity contribution in [3.05, 3.63) is 28.3 Å². The molecule has 5 nitrogen and oxygen atoms in total. The van der Waals surface area contributed by atoms with Crippen molar-refractivity contribution in [1.29, 1.82) is 0 Å². The van der Waals surface area contributed by atoms with Crippen LogP contribution in [0.5, 0.6) is 0 Å². The first kappa shape index (κ1) is 18.1. The zero-order valence-corrected chi connectivity index (χ0v) is 16.2. The van der Waals surface area contributed by atoms with Gasteiger partial charge < -0.3 is 14.5 Å². The highest BCUT2D eigenvalue weighted by Gasteiger charge is 2.37. The standard InChI is InChI=1S/C19H26N2O3S/c1-19(2)11-13-16(14(22)5-6-20(3)4)18(21-7-9-24-10-8-21)25-17(13)15(23)12-19/h5-6H,7-12H2,1-4H3/b6-5+. The van der Waals surface area contributed by atoms with E-state index in [1.54, 1.807) is 12.3 Å². The van der Waals surface area contributed by atoms with Crippen LogP contribution in [0.15, 0.2) is 12.3 Å². The van der Waals surface area contributed by atoms with Gasteiger partial charge in [-0.25, -0.2) is 0 Å². The van der Waals surface area contributed by atoms with Gasteiger partial charge >= 0.3 is 0 Å². The maximum atomic E-state index is 13.0. The van der Waals surface area contributed by atoms with Crippen LogP contribution >= 0.6 is 11.3 Å². The summed E-state index contributed by atoms with van der Waals surface area (Å²) in [7, 11) is 3.78. The molecule has 0 spiro atoms. The zero-order valence-electron chi connectivity index (χ0n) is 15.4. The van der Waals surface area contributed by atoms with E-state index < -0.39 is 0 Å². The number of carbonyl (C=O) groups excluding carboxylic acids is 2. The van der Waals surface area contributed by atoms with Crippen LogP contribution in [0.2, 0.25) is 0 Å². The largest absolute Gasteiger partial charge is 0.383 e. The second-order valence-corrected chi connectivity index (χ2v) is 8.77. The van der Waals surface area contributed by atoms with Gasteiger partial charge in [-0.15, -0.1) is 11.3 Å². The number of morpholine rings is 1. The van der Waals surface area contributed by atoms with E-state index in [4.69, 9.17) is 4.74 Å². The highest BCUT2D eigenvalue weighted by molar-refractivity contribution is 7.18. The predicted octanol–water partition coefficient (Wildman–Crippen LogP) is 3.00. The molecule has 0 radical (unpaired) electrons. The molecule has 2 heterocycles. The zero-order chi connectivity index (χ0) is 18.2. The first-order valence-electron chi connectivity index (χ1n) is 8.69. The van der Waals surface area contributed by atoms with Crippen molar-refractivity contribution >= 4 is 27.9 Å². The Kier molecular flexibility index (Phi) is 5.02. The summed E-state index contributed by atoms with van der Waals surface area (Å²) in [6.45, 7) is 7.03. The van der Waals surface area contributed by atoms with E-state index in [9.17, 15) is 9.59 Å². The molecule has 1 fully saturated rings. The number of ether oxygens (including phenoxy) is 1. The van der Waals surface area contributed by atoms with Crippen LogP contribution in [-0.4, -0.2) is 56.9 Å². The molecule has 1 aliphatic heterocycles. The van der Waals surface area contributed by atoms with Crippen molar-refractivity contribution in [3.63, 3.8) is 0 Å². The Labute approximate surface area is 153 Å². The summed E-state index contributed by atoms with van der Waals surface area (Å²) >= 11 is 1.49. The van der Waals surface area contributed by atoms with E-state index in [-0.39, 0.29) is 17.0 Å². The minimum absolute atomic E-state index is 0.0156. The summed E-state index contributed by atoms with van der Waals surface area (Å²) in [5.74, 6) is 0.152. The van der Waals surface area contributed by atoms with Gasteiger partial charge in [0, 0.05) is 45.9 Å². The Bertz CT molecular complexity index is 712. The van der Waals surface area contributed by atoms with E-state index in [2.05, 4.69) is 18.7 Å². The highest BCUT2D eigenvalue weighted by Crippen LogP contribution is 2.45. The summed E-state index contributed by atoms with van der Waals surface area (Å²) in [5, 5.41) is 0.938. The maximum absolute atomic E-state index is 13.0. The van der Waals surface area contributed by atoms with Gasteiger partial charge in [0.05, 0.1) is 23.7 Å². The van der Waals surface area contributed by atoms with Crippen LogP contribution in [0.3, 0.4) is 0 Å². The number of anilines is 1. The summed E-state index contributed by atoms with van der Waals surface area (Å²) in [4.78, 5) is 30.5. The molecule has 0 saturated carbocycles. The number of hydrogen-bond donors (Lipinski definition) is 0. The van der Waals surface area contributed by atoms with Crippen LogP contribution in [0, 0.1) is 5.41 Å². The second kappa shape index (κ2) is 6.92. The molecule has 0 amide bonds. The Morgan fingerprint density at radius 1 is 1.24 bits per heavy atom. The summed E-state index contributed by atoms with van der Waals surface area (Å²) in [6, 6.07) is 0. The molecule has 0 N–H and O–H groups in total. The Morgan fingerprint density at radius 2 is 1.92 bits per heavy atom. The number of carbonyl (C=O) groups is 2. The normalized spacial score (nSPS) is 20.0. The molecule has 25 heavy (non-hydrogen) atoms. The fourth-order valence-corrected chi connectivity index (χ4v) is 4.76. The lowest BCUT2D eigenvalue weighted by molar-refractivity contribution is 0.0917. The van der Waals surface area contributed by atoms with Gasteiger partial charge in [0.1, 0.15) is 5.00 Å². The average Bonchev–Trinajstić information content (AvgIpc) is 2.91. The van der Waals surface area contributed by atoms with Crippen molar-refractivity contribution in [3.8, 4) is 0 Å². The number of nitrogens with zero attached hydrogens (tertiary/aromatic N) is 2. The van der Waals surface area contributed by atoms with Gasteiger partial charge in [-0.3, -0.25) is 9.59 Å². The number of thiophene rings is 1. The summed E-state index contributed by atoms with van der Waals surface area (Å²) in [6.07, 6.45) is 4.69. The molecule has 0 unspecified atom stereocenters. The minimum Gasteiger partial charge on any atom is -0.383 e. The lowest BCUT2D eigenvalue weighted by atomic mass is 9.75. The van der Waals surface area contributed by atoms with E-state index in [0.717, 1.165) is 40.5 Å². The summed E-state index contributed by atoms with van der Waals surface area (Å²) < 4.78 is 5.45. The molecule has 0 aromatic carbocycles. The molecule has 1 aromatic heterocycles. The quantitative estimate of drug-likeness (QED) is 0.609. The first-order valence-corrected chi connectivity index (χ1v) is 9.51. The number of ketones is 2. The summed E-state index contributed by atoms with van der Waals surface area (Å²) in [5.41, 5.74) is 1.57. The molecule has 3 rings (SSSR count). The number of fused-ring (bicyclic) bond motifs is 1. The van der Waals surface area contributed by atoms with Crippen LogP contribution in [0.25, 0.3) is 0 Å². The number of rotatable bonds is 4. The van der Waals surface area contributed by atoms with Crippen molar-refractivity contribution < 1.29 is 14.3 Å². The van der Waals surface area contributed by atoms with Gasteiger partial charge in [0.15, 0.2) is 11.6 Å². The SMILES string of the molecule is CN(C)/C=C/C(=O)c1c(N2CCOCC2)sc2c1CC(C)(C)CC2=O. The van der Waals surface area contributed by atoms with Crippen LogP contribution in [0.4, 0.5) is 5.00 Å². The van der Waals surface area contributed by atoms with Gasteiger partial charge in [-0.1, -0.05) is 13.8 Å². The van der Waals surface area contributed by atoms with Crippen molar-refractivity contribution in [2.24, 2.45) is 5.41 Å². The fourth-order valence-electron chi connectivity index (χ4n) is 3.45. The monoisotopic (exact) mass is 362 g/mol. The minimum atomic E-state index is -0.103. The van der Waals surface area contributed by atoms with E-state index in [0.29, 0.717) is 19.6 Å². The molecule has 2 aliphatic rings. The first-order chi connectivity index (χ1) is 11.8. The molecule has 0 bridgehead atoms. The molecular formula is C19H26N2O3S. The molecule has 6 heteroatoms. The van der Waals surface area contributed by atoms with Gasteiger partial charge in [-0.2, -0.15) is 0 Å². The number of Topliss-reactive ketones (excluding diaryl/α,β-unsaturated/α-hetero) is 1. The predicted molar refractivity (Wildman–Crippen MR) is 101 cm³/mol. The lowest BCUT2D eigenvalue weighted by Gasteiger charge is -2.29. The molecule has 1 aliphatic carbocycles. The third-order valence-electron chi connectivity index (χ3n) is 4.60. The van der Waals surface area contributed by atoms with E-state index in [1.807, 2.05) is 19.0 Å². The van der Waals surface area contributed by atoms with E-state index >= 15 is 0 Å². The Morgan fingerprint density at radius 3 is 2.56 bits per heavy atom. The van der Waals surface area contributed by atoms with Crippen molar-refractivity contribution in [2.75, 3.05) is 45.3 Å². The second-order valence-electron chi connectivity index (χ2n) is 7.77. The Hall–Kier alpha value is -1.66. The average molecular weight is 362 g/mol. The van der Waals surface area contributed by atoms with Gasteiger partial charge in [-0.05, 0) is 17.4 Å². The smallest absolute Gasteiger partial charge is 0.190 e. The van der Waals surface area contributed by atoms with Crippen LogP contribution in [-0.2, 0) is 11.2 Å². The van der Waals surface area contributed by atoms with Crippen molar-refractivity contribution in [1.82, 2.24) is 4.90 Å². The third-order valence-corrected chi connectivity index (χ3v) is 5.94. The van der Waals surface area contributed by atoms with Crippen LogP contribution in [0.1, 0.15) is 45.9 Å². The number of hydrogen-bond acceptors (Lipinski definition) is 6. The maximum Gasteiger partial charge on any atom is 0.190 e. The molecule has 1 saturated heterocycles. The van der Waals surface area contributed by atoms with Crippen LogP contribution < -0.4 is 4.90 Å². The highest BCUT2D eigenvalue weighted by atomic mass is 32.1. The topological polar surface area (TPSA) is 49.9 Å². The Balaban J connectivity index is 2.08. The molecule has 136 valence electrons. The molecule has 1 aromatic rings. The fraction of sp³-hybridized carbons (Fsp3) is 0.579. The molecule has 0 atom stereocenters. The molecular weight excluding hydrogens is 336 g/mol. The number of allylic oxidation sites excluding steroid dienone is 1.